The fourth-order valence-electron chi connectivity index (χ4n) is 1.29. The summed E-state index contributed by atoms with van der Waals surface area (Å²) in [5, 5.41) is 2.74. The first-order valence-electron chi connectivity index (χ1n) is 4.97. The number of aromatic nitrogens is 2. The van der Waals surface area contributed by atoms with Crippen molar-refractivity contribution in [1.82, 2.24) is 9.97 Å². The second kappa shape index (κ2) is 5.61. The fraction of sp³-hybridized carbons (Fsp3) is 0.0909. The second-order valence-corrected chi connectivity index (χ2v) is 5.64. The Kier molecular flexibility index (Phi) is 4.29. The van der Waals surface area contributed by atoms with Gasteiger partial charge >= 0.3 is 6.18 Å². The number of nitrogens with one attached hydrogen (secondary N) is 1. The summed E-state index contributed by atoms with van der Waals surface area (Å²) in [4.78, 5) is 7.95. The predicted molar refractivity (Wildman–Crippen MR) is 77.2 cm³/mol. The molecule has 1 aromatic heterocycles. The van der Waals surface area contributed by atoms with Crippen molar-refractivity contribution in [2.75, 3.05) is 5.32 Å². The molecule has 3 nitrogen and oxygen atoms in total. The zero-order valence-corrected chi connectivity index (χ0v) is 12.9. The van der Waals surface area contributed by atoms with E-state index in [1.54, 1.807) is 12.4 Å². The SMILES string of the molecule is FC(F)(F)c1ccc(Br)c(Nc2ncc(I)cn2)c1. The number of hydrogen-bond donors (Lipinski definition) is 1. The van der Waals surface area contributed by atoms with E-state index in [0.29, 0.717) is 4.47 Å². The Morgan fingerprint density at radius 3 is 2.37 bits per heavy atom. The molecule has 2 rings (SSSR count). The van der Waals surface area contributed by atoms with Crippen LogP contribution >= 0.6 is 38.5 Å². The molecule has 0 aliphatic rings. The van der Waals surface area contributed by atoms with E-state index < -0.39 is 11.7 Å². The maximum absolute atomic E-state index is 12.6. The minimum atomic E-state index is -4.38. The summed E-state index contributed by atoms with van der Waals surface area (Å²) in [6.07, 6.45) is -1.25. The molecule has 0 unspecified atom stereocenters. The Hall–Kier alpha value is -0.900. The third-order valence-electron chi connectivity index (χ3n) is 2.16. The molecule has 1 aromatic carbocycles. The Labute approximate surface area is 128 Å². The summed E-state index contributed by atoms with van der Waals surface area (Å²) in [5.41, 5.74) is -0.472. The number of nitrogens with zero attached hydrogens (tertiary/aromatic N) is 2. The maximum atomic E-state index is 12.6. The van der Waals surface area contributed by atoms with Crippen LogP contribution < -0.4 is 5.32 Å². The monoisotopic (exact) mass is 443 g/mol. The van der Waals surface area contributed by atoms with Gasteiger partial charge in [-0.25, -0.2) is 9.97 Å². The molecule has 0 aliphatic carbocycles. The van der Waals surface area contributed by atoms with Crippen molar-refractivity contribution in [2.24, 2.45) is 0 Å². The van der Waals surface area contributed by atoms with Crippen molar-refractivity contribution in [1.29, 1.82) is 0 Å². The van der Waals surface area contributed by atoms with E-state index in [-0.39, 0.29) is 11.6 Å². The van der Waals surface area contributed by atoms with Gasteiger partial charge in [-0.3, -0.25) is 0 Å². The van der Waals surface area contributed by atoms with Crippen LogP contribution in [0.4, 0.5) is 24.8 Å². The first-order chi connectivity index (χ1) is 8.86. The van der Waals surface area contributed by atoms with Gasteiger partial charge in [0, 0.05) is 20.4 Å². The standard InChI is InChI=1S/C11H6BrF3IN3/c12-8-2-1-6(11(13,14)15)3-9(8)19-10-17-4-7(16)5-18-10/h1-5H,(H,17,18,19). The van der Waals surface area contributed by atoms with Crippen LogP contribution in [0.5, 0.6) is 0 Å². The molecule has 0 amide bonds. The van der Waals surface area contributed by atoms with Gasteiger partial charge in [-0.05, 0) is 56.7 Å². The van der Waals surface area contributed by atoms with E-state index in [1.165, 1.54) is 6.07 Å². The molecule has 8 heteroatoms. The molecule has 2 aromatic rings. The maximum Gasteiger partial charge on any atom is 0.416 e. The van der Waals surface area contributed by atoms with Crippen LogP contribution in [0, 0.1) is 3.57 Å². The zero-order chi connectivity index (χ0) is 14.0. The summed E-state index contributed by atoms with van der Waals surface area (Å²) in [6.45, 7) is 0. The topological polar surface area (TPSA) is 37.8 Å². The molecule has 0 saturated heterocycles. The molecule has 1 N–H and O–H groups in total. The molecular formula is C11H6BrF3IN3. The van der Waals surface area contributed by atoms with Gasteiger partial charge in [0.2, 0.25) is 5.95 Å². The molecule has 0 saturated carbocycles. The first kappa shape index (κ1) is 14.5. The van der Waals surface area contributed by atoms with E-state index in [2.05, 4.69) is 31.2 Å². The van der Waals surface area contributed by atoms with Crippen LogP contribution in [0.3, 0.4) is 0 Å². The van der Waals surface area contributed by atoms with Gasteiger partial charge in [-0.1, -0.05) is 0 Å². The van der Waals surface area contributed by atoms with Crippen molar-refractivity contribution in [3.8, 4) is 0 Å². The molecule has 1 heterocycles. The summed E-state index contributed by atoms with van der Waals surface area (Å²) in [7, 11) is 0. The lowest BCUT2D eigenvalue weighted by molar-refractivity contribution is -0.137. The molecule has 19 heavy (non-hydrogen) atoms. The third-order valence-corrected chi connectivity index (χ3v) is 3.41. The average Bonchev–Trinajstić information content (AvgIpc) is 2.33. The van der Waals surface area contributed by atoms with Crippen LogP contribution in [-0.2, 0) is 6.18 Å². The highest BCUT2D eigenvalue weighted by atomic mass is 127. The van der Waals surface area contributed by atoms with Crippen molar-refractivity contribution >= 4 is 50.2 Å². The van der Waals surface area contributed by atoms with Crippen LogP contribution in [-0.4, -0.2) is 9.97 Å². The van der Waals surface area contributed by atoms with Crippen LogP contribution in [0.15, 0.2) is 35.1 Å². The number of halogens is 5. The highest BCUT2D eigenvalue weighted by Crippen LogP contribution is 2.34. The number of rotatable bonds is 2. The molecule has 0 atom stereocenters. The molecular weight excluding hydrogens is 438 g/mol. The molecule has 0 fully saturated rings. The lowest BCUT2D eigenvalue weighted by Gasteiger charge is -2.11. The zero-order valence-electron chi connectivity index (χ0n) is 9.17. The van der Waals surface area contributed by atoms with E-state index in [9.17, 15) is 13.2 Å². The first-order valence-corrected chi connectivity index (χ1v) is 6.85. The minimum Gasteiger partial charge on any atom is -0.323 e. The predicted octanol–water partition coefficient (Wildman–Crippen LogP) is 4.61. The minimum absolute atomic E-state index is 0.237. The molecule has 0 bridgehead atoms. The second-order valence-electron chi connectivity index (χ2n) is 3.54. The summed E-state index contributed by atoms with van der Waals surface area (Å²) < 4.78 is 39.2. The van der Waals surface area contributed by atoms with Gasteiger partial charge in [0.1, 0.15) is 0 Å². The number of benzene rings is 1. The van der Waals surface area contributed by atoms with Gasteiger partial charge in [0.05, 0.1) is 11.3 Å². The van der Waals surface area contributed by atoms with E-state index >= 15 is 0 Å². The van der Waals surface area contributed by atoms with Gasteiger partial charge in [-0.2, -0.15) is 13.2 Å². The number of anilines is 2. The highest BCUT2D eigenvalue weighted by molar-refractivity contribution is 14.1. The van der Waals surface area contributed by atoms with E-state index in [4.69, 9.17) is 0 Å². The summed E-state index contributed by atoms with van der Waals surface area (Å²) >= 11 is 5.22. The average molecular weight is 444 g/mol. The molecule has 100 valence electrons. The fourth-order valence-corrected chi connectivity index (χ4v) is 1.92. The lowest BCUT2D eigenvalue weighted by atomic mass is 10.2. The van der Waals surface area contributed by atoms with Crippen molar-refractivity contribution < 1.29 is 13.2 Å². The number of hydrogen-bond acceptors (Lipinski definition) is 3. The molecule has 0 aliphatic heterocycles. The molecule has 0 radical (unpaired) electrons. The van der Waals surface area contributed by atoms with Gasteiger partial charge < -0.3 is 5.32 Å². The Morgan fingerprint density at radius 1 is 1.16 bits per heavy atom. The van der Waals surface area contributed by atoms with Gasteiger partial charge in [0.25, 0.3) is 0 Å². The van der Waals surface area contributed by atoms with Crippen molar-refractivity contribution in [3.05, 3.63) is 44.2 Å². The normalized spacial score (nSPS) is 11.4. The van der Waals surface area contributed by atoms with Gasteiger partial charge in [0.15, 0.2) is 0 Å². The van der Waals surface area contributed by atoms with Crippen LogP contribution in [0.2, 0.25) is 0 Å². The van der Waals surface area contributed by atoms with Crippen LogP contribution in [0.1, 0.15) is 5.56 Å². The smallest absolute Gasteiger partial charge is 0.323 e. The quantitative estimate of drug-likeness (QED) is 0.689. The summed E-state index contributed by atoms with van der Waals surface area (Å²) in [5.74, 6) is 0.237. The Balaban J connectivity index is 2.31. The molecule has 0 spiro atoms. The largest absolute Gasteiger partial charge is 0.416 e. The third kappa shape index (κ3) is 3.78. The van der Waals surface area contributed by atoms with E-state index in [1.807, 2.05) is 22.6 Å². The Bertz CT molecular complexity index is 587. The van der Waals surface area contributed by atoms with Crippen molar-refractivity contribution in [2.45, 2.75) is 6.18 Å². The lowest BCUT2D eigenvalue weighted by Crippen LogP contribution is -2.06. The Morgan fingerprint density at radius 2 is 1.79 bits per heavy atom. The summed E-state index contributed by atoms with van der Waals surface area (Å²) in [6, 6.07) is 3.34. The highest BCUT2D eigenvalue weighted by Gasteiger charge is 2.30. The van der Waals surface area contributed by atoms with Crippen LogP contribution in [0.25, 0.3) is 0 Å². The van der Waals surface area contributed by atoms with E-state index in [0.717, 1.165) is 15.7 Å². The van der Waals surface area contributed by atoms with Crippen molar-refractivity contribution in [3.63, 3.8) is 0 Å². The number of alkyl halides is 3. The van der Waals surface area contributed by atoms with Gasteiger partial charge in [-0.15, -0.1) is 0 Å².